The molecule has 0 spiro atoms. The Morgan fingerprint density at radius 1 is 1.26 bits per heavy atom. The van der Waals surface area contributed by atoms with Crippen LogP contribution in [0.4, 0.5) is 4.48 Å². The molecule has 2 aromatic rings. The molecule has 3 N–H and O–H groups in total. The van der Waals surface area contributed by atoms with Gasteiger partial charge in [-0.1, -0.05) is 28.7 Å². The van der Waals surface area contributed by atoms with E-state index in [9.17, 15) is 14.4 Å². The molecule has 2 aliphatic heterocycles. The van der Waals surface area contributed by atoms with Crippen molar-refractivity contribution >= 4 is 5.91 Å². The molecular weight excluding hydrogens is 437 g/mol. The van der Waals surface area contributed by atoms with Crippen LogP contribution in [0.1, 0.15) is 35.2 Å². The lowest BCUT2D eigenvalue weighted by Crippen LogP contribution is -2.41. The molecule has 3 aliphatic rings. The average Bonchev–Trinajstić information content (AvgIpc) is 3.18. The molecule has 0 fully saturated rings. The summed E-state index contributed by atoms with van der Waals surface area (Å²) in [5.74, 6) is -0.0195. The number of hydrogen-bond donors (Lipinski definition) is 3. The molecule has 0 saturated heterocycles. The van der Waals surface area contributed by atoms with Crippen LogP contribution in [0.3, 0.4) is 0 Å². The lowest BCUT2D eigenvalue weighted by atomic mass is 9.68. The molecule has 2 atom stereocenters. The van der Waals surface area contributed by atoms with Crippen molar-refractivity contribution in [3.63, 3.8) is 0 Å². The summed E-state index contributed by atoms with van der Waals surface area (Å²) in [6, 6.07) is 8.54. The number of aliphatic hydroxyl groups is 1. The number of carbonyl (C=O) groups excluding carboxylic acids is 1. The van der Waals surface area contributed by atoms with Gasteiger partial charge in [0.25, 0.3) is 0 Å². The minimum Gasteiger partial charge on any atom is -0.394 e. The Balaban J connectivity index is 1.65. The number of aromatic nitrogens is 3. The van der Waals surface area contributed by atoms with Crippen molar-refractivity contribution in [2.45, 2.75) is 31.3 Å². The number of hydrogen-bond acceptors (Lipinski definition) is 7. The summed E-state index contributed by atoms with van der Waals surface area (Å²) >= 11 is 0. The summed E-state index contributed by atoms with van der Waals surface area (Å²) in [7, 11) is 4.07. The van der Waals surface area contributed by atoms with Crippen LogP contribution >= 0.6 is 0 Å². The Kier molecular flexibility index (Phi) is 6.03. The number of carbonyl (C=O) groups is 1. The topological polar surface area (TPSA) is 98.6 Å². The van der Waals surface area contributed by atoms with Crippen LogP contribution in [0.15, 0.2) is 65.3 Å². The van der Waals surface area contributed by atoms with E-state index in [1.807, 2.05) is 14.1 Å². The zero-order valence-corrected chi connectivity index (χ0v) is 19.2. The highest BCUT2D eigenvalue weighted by atomic mass is 19.2. The standard InChI is InChI=1S/C24H28FN7O2/c1-30(2)13-15-3-5-16(6-4-15)18-9-17-11-28-32(25)20-10-21(34)26-12-19(22(17)20)23(18)24-27-14-29-31(24)7-8-33/h3-6,10,12,14,18,23,28,33H,7-9,11,13H2,1-2H3,(H,26,34). The Morgan fingerprint density at radius 3 is 2.79 bits per heavy atom. The van der Waals surface area contributed by atoms with Crippen molar-refractivity contribution in [1.29, 1.82) is 0 Å². The van der Waals surface area contributed by atoms with Gasteiger partial charge in [-0.15, -0.1) is 5.23 Å². The fourth-order valence-corrected chi connectivity index (χ4v) is 5.15. The predicted molar refractivity (Wildman–Crippen MR) is 123 cm³/mol. The van der Waals surface area contributed by atoms with Crippen LogP contribution in [-0.4, -0.2) is 63.2 Å². The summed E-state index contributed by atoms with van der Waals surface area (Å²) < 4.78 is 16.5. The second-order valence-corrected chi connectivity index (χ2v) is 9.06. The normalized spacial score (nSPS) is 22.3. The lowest BCUT2D eigenvalue weighted by Gasteiger charge is -2.40. The quantitative estimate of drug-likeness (QED) is 0.556. The number of halogens is 1. The van der Waals surface area contributed by atoms with Gasteiger partial charge in [0, 0.05) is 36.9 Å². The van der Waals surface area contributed by atoms with E-state index in [1.54, 1.807) is 10.9 Å². The molecule has 5 rings (SSSR count). The van der Waals surface area contributed by atoms with Crippen molar-refractivity contribution in [3.05, 3.63) is 82.2 Å². The molecule has 10 heteroatoms. The molecule has 1 aliphatic carbocycles. The fourth-order valence-electron chi connectivity index (χ4n) is 5.15. The molecule has 2 unspecified atom stereocenters. The van der Waals surface area contributed by atoms with Gasteiger partial charge in [-0.05, 0) is 42.8 Å². The van der Waals surface area contributed by atoms with E-state index in [0.717, 1.165) is 28.8 Å². The second-order valence-electron chi connectivity index (χ2n) is 9.06. The number of allylic oxidation sites excluding steroid dienone is 1. The molecule has 1 amide bonds. The van der Waals surface area contributed by atoms with E-state index in [2.05, 4.69) is 50.0 Å². The van der Waals surface area contributed by atoms with E-state index in [4.69, 9.17) is 0 Å². The Bertz CT molecular complexity index is 1180. The summed E-state index contributed by atoms with van der Waals surface area (Å²) in [6.45, 7) is 1.41. The number of aliphatic hydroxyl groups excluding tert-OH is 1. The highest BCUT2D eigenvalue weighted by Gasteiger charge is 2.43. The van der Waals surface area contributed by atoms with E-state index >= 15 is 0 Å². The van der Waals surface area contributed by atoms with Crippen LogP contribution in [-0.2, 0) is 17.9 Å². The summed E-state index contributed by atoms with van der Waals surface area (Å²) in [5, 5.41) is 17.1. The maximum Gasteiger partial charge on any atom is 0.250 e. The van der Waals surface area contributed by atoms with Crippen LogP contribution in [0, 0.1) is 0 Å². The predicted octanol–water partition coefficient (Wildman–Crippen LogP) is 1.50. The summed E-state index contributed by atoms with van der Waals surface area (Å²) in [4.78, 5) is 19.0. The van der Waals surface area contributed by atoms with E-state index < -0.39 is 5.91 Å². The minimum atomic E-state index is -0.393. The molecule has 1 aromatic heterocycles. The van der Waals surface area contributed by atoms with Crippen molar-refractivity contribution in [3.8, 4) is 0 Å². The number of nitrogens with zero attached hydrogens (tertiary/aromatic N) is 5. The SMILES string of the molecule is CN(C)Cc1ccc(C2CC3=C4C(=CNC(=O)C=C4N(F)NC3)C2c2ncnn2CCO)cc1. The molecule has 34 heavy (non-hydrogen) atoms. The van der Waals surface area contributed by atoms with Crippen LogP contribution < -0.4 is 10.7 Å². The molecule has 178 valence electrons. The first-order valence-electron chi connectivity index (χ1n) is 11.3. The van der Waals surface area contributed by atoms with E-state index in [0.29, 0.717) is 30.6 Å². The molecule has 9 nitrogen and oxygen atoms in total. The molecule has 0 radical (unpaired) electrons. The van der Waals surface area contributed by atoms with Gasteiger partial charge >= 0.3 is 0 Å². The smallest absolute Gasteiger partial charge is 0.250 e. The third kappa shape index (κ3) is 4.04. The Morgan fingerprint density at radius 2 is 2.06 bits per heavy atom. The fraction of sp³-hybridized carbons (Fsp3) is 0.375. The molecular formula is C24H28FN7O2. The maximum absolute atomic E-state index is 14.8. The highest BCUT2D eigenvalue weighted by molar-refractivity contribution is 5.91. The molecule has 0 bridgehead atoms. The number of rotatable bonds is 6. The first kappa shape index (κ1) is 22.5. The van der Waals surface area contributed by atoms with Gasteiger partial charge in [0.2, 0.25) is 5.91 Å². The maximum atomic E-state index is 14.8. The number of benzene rings is 1. The van der Waals surface area contributed by atoms with Crippen LogP contribution in [0.5, 0.6) is 0 Å². The number of hydrazine groups is 1. The van der Waals surface area contributed by atoms with Gasteiger partial charge in [0.1, 0.15) is 17.8 Å². The van der Waals surface area contributed by atoms with Gasteiger partial charge < -0.3 is 15.3 Å². The minimum absolute atomic E-state index is 0.00994. The van der Waals surface area contributed by atoms with E-state index in [-0.39, 0.29) is 24.1 Å². The molecule has 3 heterocycles. The van der Waals surface area contributed by atoms with Crippen molar-refractivity contribution in [2.75, 3.05) is 27.2 Å². The second kappa shape index (κ2) is 9.13. The first-order valence-corrected chi connectivity index (χ1v) is 11.3. The summed E-state index contributed by atoms with van der Waals surface area (Å²) in [5.41, 5.74) is 7.81. The van der Waals surface area contributed by atoms with Crippen molar-refractivity contribution < 1.29 is 14.4 Å². The average molecular weight is 466 g/mol. The van der Waals surface area contributed by atoms with Crippen molar-refractivity contribution in [2.24, 2.45) is 0 Å². The zero-order valence-electron chi connectivity index (χ0n) is 19.2. The lowest BCUT2D eigenvalue weighted by molar-refractivity contribution is -0.115. The Hall–Kier alpha value is -3.34. The largest absolute Gasteiger partial charge is 0.394 e. The van der Waals surface area contributed by atoms with Crippen LogP contribution in [0.25, 0.3) is 0 Å². The first-order chi connectivity index (χ1) is 16.5. The van der Waals surface area contributed by atoms with Gasteiger partial charge in [0.15, 0.2) is 0 Å². The zero-order chi connectivity index (χ0) is 23.8. The van der Waals surface area contributed by atoms with Gasteiger partial charge in [-0.25, -0.2) is 15.1 Å². The van der Waals surface area contributed by atoms with Gasteiger partial charge in [-0.3, -0.25) is 4.79 Å². The monoisotopic (exact) mass is 465 g/mol. The Labute approximate surface area is 197 Å². The third-order valence-corrected chi connectivity index (χ3v) is 6.52. The summed E-state index contributed by atoms with van der Waals surface area (Å²) in [6.07, 6.45) is 5.09. The number of nitrogens with one attached hydrogen (secondary N) is 2. The van der Waals surface area contributed by atoms with Crippen molar-refractivity contribution in [1.82, 2.24) is 35.6 Å². The highest BCUT2D eigenvalue weighted by Crippen LogP contribution is 2.52. The van der Waals surface area contributed by atoms with Gasteiger partial charge in [0.05, 0.1) is 19.1 Å². The molecule has 0 saturated carbocycles. The molecule has 1 aromatic carbocycles. The van der Waals surface area contributed by atoms with Crippen LogP contribution in [0.2, 0.25) is 0 Å². The number of amides is 1. The van der Waals surface area contributed by atoms with Gasteiger partial charge in [-0.2, -0.15) is 5.10 Å². The third-order valence-electron chi connectivity index (χ3n) is 6.52. The van der Waals surface area contributed by atoms with E-state index in [1.165, 1.54) is 18.0 Å².